The molecule has 0 radical (unpaired) electrons. The van der Waals surface area contributed by atoms with Gasteiger partial charge in [-0.3, -0.25) is 0 Å². The molecule has 1 aliphatic rings. The summed E-state index contributed by atoms with van der Waals surface area (Å²) in [5, 5.41) is 11.7. The van der Waals surface area contributed by atoms with Gasteiger partial charge in [0.05, 0.1) is 28.4 Å². The average Bonchev–Trinajstić information content (AvgIpc) is 2.83. The maximum Gasteiger partial charge on any atom is 0.492 e. The quantitative estimate of drug-likeness (QED) is 0.642. The van der Waals surface area contributed by atoms with Crippen LogP contribution in [0.2, 0.25) is 0 Å². The Hall–Kier alpha value is -2.51. The fourth-order valence-corrected chi connectivity index (χ4v) is 2.86. The van der Waals surface area contributed by atoms with Gasteiger partial charge in [-0.2, -0.15) is 18.4 Å². The fraction of sp³-hybridized carbons (Fsp3) is 0.545. The number of halogens is 3. The van der Waals surface area contributed by atoms with Gasteiger partial charge in [0.2, 0.25) is 0 Å². The minimum atomic E-state index is -4.62. The van der Waals surface area contributed by atoms with Crippen LogP contribution in [0.5, 0.6) is 0 Å². The van der Waals surface area contributed by atoms with E-state index in [1.807, 2.05) is 27.7 Å². The lowest BCUT2D eigenvalue weighted by atomic mass is 9.76. The van der Waals surface area contributed by atoms with Gasteiger partial charge >= 0.3 is 19.4 Å². The van der Waals surface area contributed by atoms with E-state index >= 15 is 0 Å². The number of alkyl carbamates (subject to hydrolysis) is 1. The number of carbonyl (C=O) groups is 1. The van der Waals surface area contributed by atoms with Gasteiger partial charge in [0.1, 0.15) is 5.60 Å². The highest BCUT2D eigenvalue weighted by atomic mass is 19.4. The Labute approximate surface area is 186 Å². The van der Waals surface area contributed by atoms with E-state index < -0.39 is 41.8 Å². The topological polar surface area (TPSA) is 80.6 Å². The van der Waals surface area contributed by atoms with Gasteiger partial charge in [-0.1, -0.05) is 6.08 Å². The first kappa shape index (κ1) is 25.8. The molecule has 0 aliphatic carbocycles. The van der Waals surface area contributed by atoms with Crippen molar-refractivity contribution in [1.82, 2.24) is 5.32 Å². The van der Waals surface area contributed by atoms with Crippen LogP contribution in [-0.2, 0) is 20.2 Å². The van der Waals surface area contributed by atoms with Gasteiger partial charge in [0, 0.05) is 6.54 Å². The number of hydrogen-bond acceptors (Lipinski definition) is 5. The molecule has 2 rings (SSSR count). The Bertz CT molecular complexity index is 928. The summed E-state index contributed by atoms with van der Waals surface area (Å²) in [6.45, 7) is 12.4. The number of hydrogen-bond donors (Lipinski definition) is 1. The monoisotopic (exact) mass is 452 g/mol. The molecule has 32 heavy (non-hydrogen) atoms. The van der Waals surface area contributed by atoms with E-state index in [9.17, 15) is 18.0 Å². The third-order valence-electron chi connectivity index (χ3n) is 5.16. The molecule has 0 spiro atoms. The van der Waals surface area contributed by atoms with Gasteiger partial charge in [-0.15, -0.1) is 0 Å². The Morgan fingerprint density at radius 1 is 1.16 bits per heavy atom. The lowest BCUT2D eigenvalue weighted by Gasteiger charge is -2.32. The number of carbonyl (C=O) groups excluding carboxylic acids is 1. The lowest BCUT2D eigenvalue weighted by Crippen LogP contribution is -2.41. The fourth-order valence-electron chi connectivity index (χ4n) is 2.86. The highest BCUT2D eigenvalue weighted by Gasteiger charge is 2.52. The van der Waals surface area contributed by atoms with Crippen molar-refractivity contribution in [3.05, 3.63) is 40.4 Å². The van der Waals surface area contributed by atoms with Gasteiger partial charge in [-0.25, -0.2) is 4.79 Å². The van der Waals surface area contributed by atoms with Crippen LogP contribution >= 0.6 is 0 Å². The summed E-state index contributed by atoms with van der Waals surface area (Å²) in [7, 11) is -0.921. The van der Waals surface area contributed by atoms with E-state index in [2.05, 4.69) is 5.32 Å². The molecule has 1 fully saturated rings. The van der Waals surface area contributed by atoms with Crippen LogP contribution in [0.3, 0.4) is 0 Å². The predicted molar refractivity (Wildman–Crippen MR) is 114 cm³/mol. The second-order valence-electron chi connectivity index (χ2n) is 9.62. The minimum absolute atomic E-state index is 0.0934. The Balaban J connectivity index is 2.44. The number of alkyl halides is 3. The molecular formula is C22H28BF3N2O4. The summed E-state index contributed by atoms with van der Waals surface area (Å²) in [5.41, 5.74) is -2.70. The van der Waals surface area contributed by atoms with E-state index in [0.717, 1.165) is 12.1 Å². The van der Waals surface area contributed by atoms with Crippen molar-refractivity contribution in [2.75, 3.05) is 6.54 Å². The first-order valence-corrected chi connectivity index (χ1v) is 10.1. The molecule has 0 aromatic heterocycles. The van der Waals surface area contributed by atoms with E-state index in [4.69, 9.17) is 19.3 Å². The molecule has 0 bridgehead atoms. The number of rotatable bonds is 4. The normalized spacial score (nSPS) is 18.3. The third kappa shape index (κ3) is 6.50. The maximum atomic E-state index is 13.3. The van der Waals surface area contributed by atoms with Crippen molar-refractivity contribution >= 4 is 19.3 Å². The summed E-state index contributed by atoms with van der Waals surface area (Å²) >= 11 is 0. The first-order valence-electron chi connectivity index (χ1n) is 10.1. The van der Waals surface area contributed by atoms with Crippen LogP contribution in [0.25, 0.3) is 6.08 Å². The van der Waals surface area contributed by atoms with E-state index in [1.54, 1.807) is 26.8 Å². The Kier molecular flexibility index (Phi) is 7.08. The summed E-state index contributed by atoms with van der Waals surface area (Å²) in [5.74, 6) is 0. The van der Waals surface area contributed by atoms with E-state index in [0.29, 0.717) is 5.47 Å². The summed E-state index contributed by atoms with van der Waals surface area (Å²) in [6, 6.07) is 4.78. The van der Waals surface area contributed by atoms with Crippen LogP contribution in [-0.4, -0.2) is 36.6 Å². The van der Waals surface area contributed by atoms with Crippen LogP contribution in [0.15, 0.2) is 23.7 Å². The molecular weight excluding hydrogens is 424 g/mol. The number of benzene rings is 1. The smallest absolute Gasteiger partial charge is 0.444 e. The van der Waals surface area contributed by atoms with Crippen molar-refractivity contribution < 1.29 is 32.0 Å². The minimum Gasteiger partial charge on any atom is -0.444 e. The molecule has 6 nitrogen and oxygen atoms in total. The molecule has 1 aromatic carbocycles. The van der Waals surface area contributed by atoms with Crippen LogP contribution in [0.4, 0.5) is 18.0 Å². The van der Waals surface area contributed by atoms with Crippen LogP contribution in [0, 0.1) is 11.3 Å². The van der Waals surface area contributed by atoms with Gasteiger partial charge in [0.25, 0.3) is 0 Å². The van der Waals surface area contributed by atoms with Crippen molar-refractivity contribution in [2.24, 2.45) is 0 Å². The van der Waals surface area contributed by atoms with Gasteiger partial charge < -0.3 is 19.4 Å². The second-order valence-corrected chi connectivity index (χ2v) is 9.62. The molecule has 10 heteroatoms. The Morgan fingerprint density at radius 2 is 1.72 bits per heavy atom. The molecule has 0 atom stereocenters. The van der Waals surface area contributed by atoms with Crippen molar-refractivity contribution in [1.29, 1.82) is 5.26 Å². The molecule has 0 saturated carbocycles. The van der Waals surface area contributed by atoms with Crippen LogP contribution in [0.1, 0.15) is 65.2 Å². The molecule has 1 heterocycles. The largest absolute Gasteiger partial charge is 0.492 e. The highest BCUT2D eigenvalue weighted by Crippen LogP contribution is 2.39. The molecule has 1 saturated heterocycles. The zero-order valence-electron chi connectivity index (χ0n) is 19.3. The highest BCUT2D eigenvalue weighted by molar-refractivity contribution is 6.56. The second kappa shape index (κ2) is 8.79. The molecule has 1 aromatic rings. The zero-order valence-corrected chi connectivity index (χ0v) is 19.3. The molecule has 174 valence electrons. The molecule has 1 N–H and O–H groups in total. The Morgan fingerprint density at radius 3 is 2.19 bits per heavy atom. The summed E-state index contributed by atoms with van der Waals surface area (Å²) in [6.07, 6.45) is -3.88. The number of nitrogens with one attached hydrogen (secondary N) is 1. The molecule has 1 amide bonds. The summed E-state index contributed by atoms with van der Waals surface area (Å²) < 4.78 is 57.1. The number of nitriles is 1. The van der Waals surface area contributed by atoms with Crippen molar-refractivity contribution in [2.45, 2.75) is 71.4 Å². The number of nitrogens with zero attached hydrogens (tertiary/aromatic N) is 1. The molecule has 0 unspecified atom stereocenters. The molecule has 1 aliphatic heterocycles. The van der Waals surface area contributed by atoms with Crippen molar-refractivity contribution in [3.8, 4) is 6.07 Å². The SMILES string of the molecule is CC(C)(C)OC(=O)NCC(=Cc1cc(C#N)cc(C(F)(F)F)c1)B1OC(C)(C)C(C)(C)O1. The standard InChI is InChI=1S/C22H28BF3N2O4/c1-19(2,3)30-18(29)28-13-17(23-31-20(4,5)21(6,7)32-23)11-14-8-15(12-27)10-16(9-14)22(24,25)26/h8-11H,13H2,1-7H3,(H,28,29). The average molecular weight is 452 g/mol. The van der Waals surface area contributed by atoms with Crippen LogP contribution < -0.4 is 5.32 Å². The predicted octanol–water partition coefficient (Wildman–Crippen LogP) is 5.12. The zero-order chi connectivity index (χ0) is 24.5. The van der Waals surface area contributed by atoms with Crippen molar-refractivity contribution in [3.63, 3.8) is 0 Å². The van der Waals surface area contributed by atoms with E-state index in [1.165, 1.54) is 12.1 Å². The van der Waals surface area contributed by atoms with Gasteiger partial charge in [0.15, 0.2) is 0 Å². The lowest BCUT2D eigenvalue weighted by molar-refractivity contribution is -0.137. The number of amides is 1. The number of ether oxygens (including phenoxy) is 1. The van der Waals surface area contributed by atoms with E-state index in [-0.39, 0.29) is 17.7 Å². The third-order valence-corrected chi connectivity index (χ3v) is 5.16. The van der Waals surface area contributed by atoms with Gasteiger partial charge in [-0.05, 0) is 77.7 Å². The summed E-state index contributed by atoms with van der Waals surface area (Å²) in [4.78, 5) is 12.1. The maximum absolute atomic E-state index is 13.3. The first-order chi connectivity index (χ1) is 14.4.